The highest BCUT2D eigenvalue weighted by molar-refractivity contribution is 5.26. The van der Waals surface area contributed by atoms with E-state index in [1.807, 2.05) is 0 Å². The predicted molar refractivity (Wildman–Crippen MR) is 132 cm³/mol. The summed E-state index contributed by atoms with van der Waals surface area (Å²) >= 11 is 0. The molecule has 30 heavy (non-hydrogen) atoms. The van der Waals surface area contributed by atoms with Gasteiger partial charge in [-0.25, -0.2) is 0 Å². The Hall–Kier alpha value is -1.44. The van der Waals surface area contributed by atoms with Crippen LogP contribution in [0.1, 0.15) is 128 Å². The van der Waals surface area contributed by atoms with E-state index in [2.05, 4.69) is 66.6 Å². The summed E-state index contributed by atoms with van der Waals surface area (Å²) in [5.74, 6) is 0.528. The van der Waals surface area contributed by atoms with Gasteiger partial charge in [-0.2, -0.15) is 0 Å². The zero-order valence-corrected chi connectivity index (χ0v) is 20.2. The number of nitrogens with zero attached hydrogens (tertiary/aromatic N) is 2. The van der Waals surface area contributed by atoms with Crippen molar-refractivity contribution in [3.05, 3.63) is 48.0 Å². The normalized spacial score (nSPS) is 11.6. The fourth-order valence-electron chi connectivity index (χ4n) is 4.76. The molecule has 0 N–H and O–H groups in total. The predicted octanol–water partition coefficient (Wildman–Crippen LogP) is 8.94. The molecule has 2 rings (SSSR count). The Morgan fingerprint density at radius 3 is 1.43 bits per heavy atom. The van der Waals surface area contributed by atoms with Gasteiger partial charge in [0, 0.05) is 42.8 Å². The molecule has 0 saturated carbocycles. The van der Waals surface area contributed by atoms with Crippen LogP contribution in [0.5, 0.6) is 0 Å². The van der Waals surface area contributed by atoms with E-state index in [9.17, 15) is 0 Å². The summed E-state index contributed by atoms with van der Waals surface area (Å²) in [6.45, 7) is 9.26. The number of unbranched alkanes of at least 4 members (excludes halogenated alkanes) is 10. The van der Waals surface area contributed by atoms with Crippen molar-refractivity contribution in [1.82, 2.24) is 9.13 Å². The average molecular weight is 413 g/mol. The van der Waals surface area contributed by atoms with Gasteiger partial charge in [-0.1, -0.05) is 91.4 Å². The molecule has 0 saturated heterocycles. The first-order chi connectivity index (χ1) is 14.8. The Morgan fingerprint density at radius 2 is 1.00 bits per heavy atom. The standard InChI is InChI=1S/C28H48N2/c1-4-7-9-11-13-15-22-29-24-17-20-27(29)26(19-6-3)28-21-18-25-30(28)23-16-14-12-10-8-5-2/h17-18,20-21,24-26H,4-16,19,22-23H2,1-3H3. The van der Waals surface area contributed by atoms with E-state index < -0.39 is 0 Å². The van der Waals surface area contributed by atoms with Crippen molar-refractivity contribution in [1.29, 1.82) is 0 Å². The molecule has 0 aliphatic rings. The van der Waals surface area contributed by atoms with Gasteiger partial charge >= 0.3 is 0 Å². The molecule has 0 atom stereocenters. The van der Waals surface area contributed by atoms with Gasteiger partial charge in [-0.05, 0) is 43.5 Å². The van der Waals surface area contributed by atoms with E-state index in [1.165, 1.54) is 114 Å². The molecule has 0 aromatic carbocycles. The van der Waals surface area contributed by atoms with Crippen molar-refractivity contribution in [3.63, 3.8) is 0 Å². The number of aryl methyl sites for hydroxylation is 2. The highest BCUT2D eigenvalue weighted by Gasteiger charge is 2.19. The third-order valence-corrected chi connectivity index (χ3v) is 6.53. The summed E-state index contributed by atoms with van der Waals surface area (Å²) in [6.07, 6.45) is 23.5. The number of rotatable bonds is 18. The van der Waals surface area contributed by atoms with Crippen molar-refractivity contribution in [2.45, 2.75) is 130 Å². The minimum absolute atomic E-state index is 0.528. The molecule has 0 amide bonds. The van der Waals surface area contributed by atoms with E-state index in [1.54, 1.807) is 0 Å². The van der Waals surface area contributed by atoms with Crippen molar-refractivity contribution in [2.75, 3.05) is 0 Å². The maximum absolute atomic E-state index is 2.54. The molecular weight excluding hydrogens is 364 g/mol. The van der Waals surface area contributed by atoms with Gasteiger partial charge < -0.3 is 9.13 Å². The van der Waals surface area contributed by atoms with E-state index in [-0.39, 0.29) is 0 Å². The Kier molecular flexibility index (Phi) is 12.7. The molecule has 170 valence electrons. The van der Waals surface area contributed by atoms with Crippen LogP contribution in [0.25, 0.3) is 0 Å². The van der Waals surface area contributed by atoms with Crippen molar-refractivity contribution >= 4 is 0 Å². The first-order valence-electron chi connectivity index (χ1n) is 13.1. The maximum Gasteiger partial charge on any atom is 0.0395 e. The largest absolute Gasteiger partial charge is 0.351 e. The molecule has 0 aliphatic carbocycles. The third kappa shape index (κ3) is 8.36. The highest BCUT2D eigenvalue weighted by atomic mass is 15.0. The van der Waals surface area contributed by atoms with Gasteiger partial charge in [0.05, 0.1) is 0 Å². The van der Waals surface area contributed by atoms with Crippen LogP contribution < -0.4 is 0 Å². The van der Waals surface area contributed by atoms with Crippen molar-refractivity contribution in [3.8, 4) is 0 Å². The second kappa shape index (κ2) is 15.4. The summed E-state index contributed by atoms with van der Waals surface area (Å²) in [5.41, 5.74) is 3.04. The van der Waals surface area contributed by atoms with Gasteiger partial charge in [0.25, 0.3) is 0 Å². The molecule has 2 aromatic rings. The van der Waals surface area contributed by atoms with E-state index in [0.717, 1.165) is 0 Å². The van der Waals surface area contributed by atoms with Gasteiger partial charge in [0.1, 0.15) is 0 Å². The summed E-state index contributed by atoms with van der Waals surface area (Å²) in [6, 6.07) is 9.27. The molecule has 0 radical (unpaired) electrons. The first-order valence-corrected chi connectivity index (χ1v) is 13.1. The molecule has 2 heteroatoms. The second-order valence-corrected chi connectivity index (χ2v) is 9.13. The quantitative estimate of drug-likeness (QED) is 0.216. The van der Waals surface area contributed by atoms with E-state index in [0.29, 0.717) is 5.92 Å². The Labute approximate surface area is 187 Å². The summed E-state index contributed by atoms with van der Waals surface area (Å²) in [7, 11) is 0. The topological polar surface area (TPSA) is 9.86 Å². The van der Waals surface area contributed by atoms with Gasteiger partial charge in [0.2, 0.25) is 0 Å². The van der Waals surface area contributed by atoms with Gasteiger partial charge in [-0.3, -0.25) is 0 Å². The van der Waals surface area contributed by atoms with Crippen LogP contribution in [0.2, 0.25) is 0 Å². The molecule has 0 bridgehead atoms. The average Bonchev–Trinajstić information content (AvgIpc) is 3.41. The molecule has 0 unspecified atom stereocenters. The highest BCUT2D eigenvalue weighted by Crippen LogP contribution is 2.31. The Morgan fingerprint density at radius 1 is 0.567 bits per heavy atom. The minimum atomic E-state index is 0.528. The monoisotopic (exact) mass is 412 g/mol. The van der Waals surface area contributed by atoms with Crippen molar-refractivity contribution < 1.29 is 0 Å². The lowest BCUT2D eigenvalue weighted by Crippen LogP contribution is -2.13. The van der Waals surface area contributed by atoms with E-state index >= 15 is 0 Å². The third-order valence-electron chi connectivity index (χ3n) is 6.53. The summed E-state index contributed by atoms with van der Waals surface area (Å²) in [4.78, 5) is 0. The zero-order chi connectivity index (χ0) is 21.4. The molecule has 0 fully saturated rings. The SMILES string of the molecule is CCCCCCCCn1cccc1C(CCC)c1cccn1CCCCCCCC. The molecule has 0 aliphatic heterocycles. The lowest BCUT2D eigenvalue weighted by molar-refractivity contribution is 0.511. The van der Waals surface area contributed by atoms with Gasteiger partial charge in [0.15, 0.2) is 0 Å². The molecule has 0 spiro atoms. The molecule has 2 aromatic heterocycles. The maximum atomic E-state index is 2.54. The fourth-order valence-corrected chi connectivity index (χ4v) is 4.76. The lowest BCUT2D eigenvalue weighted by Gasteiger charge is -2.22. The van der Waals surface area contributed by atoms with Crippen LogP contribution >= 0.6 is 0 Å². The lowest BCUT2D eigenvalue weighted by atomic mass is 9.95. The second-order valence-electron chi connectivity index (χ2n) is 9.13. The molecule has 2 heterocycles. The van der Waals surface area contributed by atoms with Crippen molar-refractivity contribution in [2.24, 2.45) is 0 Å². The van der Waals surface area contributed by atoms with Crippen LogP contribution in [0, 0.1) is 0 Å². The van der Waals surface area contributed by atoms with Crippen LogP contribution in [0.15, 0.2) is 36.7 Å². The van der Waals surface area contributed by atoms with E-state index in [4.69, 9.17) is 0 Å². The minimum Gasteiger partial charge on any atom is -0.351 e. The summed E-state index contributed by atoms with van der Waals surface area (Å²) in [5, 5.41) is 0. The smallest absolute Gasteiger partial charge is 0.0395 e. The number of aromatic nitrogens is 2. The van der Waals surface area contributed by atoms with Crippen LogP contribution in [-0.4, -0.2) is 9.13 Å². The fraction of sp³-hybridized carbons (Fsp3) is 0.714. The van der Waals surface area contributed by atoms with Crippen LogP contribution in [0.3, 0.4) is 0 Å². The summed E-state index contributed by atoms with van der Waals surface area (Å²) < 4.78 is 5.09. The molecule has 2 nitrogen and oxygen atoms in total. The van der Waals surface area contributed by atoms with Crippen LogP contribution in [0.4, 0.5) is 0 Å². The zero-order valence-electron chi connectivity index (χ0n) is 20.2. The number of hydrogen-bond donors (Lipinski definition) is 0. The van der Waals surface area contributed by atoms with Crippen LogP contribution in [-0.2, 0) is 13.1 Å². The van der Waals surface area contributed by atoms with Gasteiger partial charge in [-0.15, -0.1) is 0 Å². The number of hydrogen-bond acceptors (Lipinski definition) is 0. The first kappa shape index (κ1) is 24.8. The Bertz CT molecular complexity index is 597. The molecular formula is C28H48N2. The Balaban J connectivity index is 1.95.